The van der Waals surface area contributed by atoms with Crippen LogP contribution in [0.4, 0.5) is 5.95 Å². The summed E-state index contributed by atoms with van der Waals surface area (Å²) in [5.74, 6) is 0.617. The molecule has 0 aliphatic heterocycles. The molecule has 0 bridgehead atoms. The van der Waals surface area contributed by atoms with Crippen LogP contribution >= 0.6 is 0 Å². The highest BCUT2D eigenvalue weighted by Gasteiger charge is 2.03. The molecule has 25 heavy (non-hydrogen) atoms. The van der Waals surface area contributed by atoms with E-state index in [1.807, 2.05) is 38.1 Å². The molecule has 3 N–H and O–H groups in total. The van der Waals surface area contributed by atoms with Gasteiger partial charge in [0.2, 0.25) is 5.95 Å². The third-order valence-electron chi connectivity index (χ3n) is 3.75. The van der Waals surface area contributed by atoms with Gasteiger partial charge in [0, 0.05) is 17.9 Å². The number of rotatable bonds is 4. The Morgan fingerprint density at radius 3 is 2.12 bits per heavy atom. The summed E-state index contributed by atoms with van der Waals surface area (Å²) in [4.78, 5) is 8.54. The lowest BCUT2D eigenvalue weighted by molar-refractivity contribution is 0.900. The van der Waals surface area contributed by atoms with Crippen molar-refractivity contribution in [3.05, 3.63) is 77.6 Å². The lowest BCUT2D eigenvalue weighted by Crippen LogP contribution is -2.30. The molecule has 3 aromatic rings. The molecule has 0 saturated heterocycles. The zero-order valence-electron chi connectivity index (χ0n) is 14.4. The highest BCUT2D eigenvalue weighted by Crippen LogP contribution is 2.19. The van der Waals surface area contributed by atoms with Crippen LogP contribution in [0, 0.1) is 19.3 Å². The topological polar surface area (TPSA) is 73.7 Å². The van der Waals surface area contributed by atoms with Gasteiger partial charge in [0.15, 0.2) is 5.96 Å². The Bertz CT molecular complexity index is 837. The zero-order chi connectivity index (χ0) is 17.6. The fourth-order valence-electron chi connectivity index (χ4n) is 2.57. The molecule has 1 heterocycles. The van der Waals surface area contributed by atoms with Crippen molar-refractivity contribution < 1.29 is 0 Å². The minimum Gasteiger partial charge on any atom is -0.352 e. The number of benzene rings is 2. The van der Waals surface area contributed by atoms with Crippen molar-refractivity contribution in [1.29, 1.82) is 5.41 Å². The van der Waals surface area contributed by atoms with Crippen molar-refractivity contribution in [2.75, 3.05) is 5.32 Å². The second-order valence-corrected chi connectivity index (χ2v) is 5.89. The van der Waals surface area contributed by atoms with Gasteiger partial charge in [-0.05, 0) is 36.6 Å². The van der Waals surface area contributed by atoms with Crippen LogP contribution in [-0.4, -0.2) is 15.9 Å². The van der Waals surface area contributed by atoms with E-state index in [1.54, 1.807) is 0 Å². The first-order valence-corrected chi connectivity index (χ1v) is 8.16. The van der Waals surface area contributed by atoms with Gasteiger partial charge in [-0.1, -0.05) is 54.6 Å². The molecule has 0 spiro atoms. The second-order valence-electron chi connectivity index (χ2n) is 5.89. The molecule has 0 unspecified atom stereocenters. The Balaban J connectivity index is 1.57. The zero-order valence-corrected chi connectivity index (χ0v) is 14.4. The SMILES string of the molecule is Cc1cc(C)nc(NC(=N)NCc2ccc(-c3ccccc3)cc2)n1. The number of hydrogen-bond donors (Lipinski definition) is 3. The average molecular weight is 331 g/mol. The molecule has 0 atom stereocenters. The maximum absolute atomic E-state index is 7.99. The van der Waals surface area contributed by atoms with E-state index in [9.17, 15) is 0 Å². The van der Waals surface area contributed by atoms with Crippen molar-refractivity contribution in [3.63, 3.8) is 0 Å². The molecule has 1 aromatic heterocycles. The molecule has 3 rings (SSSR count). The molecule has 2 aromatic carbocycles. The van der Waals surface area contributed by atoms with Crippen LogP contribution in [0.2, 0.25) is 0 Å². The largest absolute Gasteiger partial charge is 0.352 e. The molecule has 5 nitrogen and oxygen atoms in total. The summed E-state index contributed by atoms with van der Waals surface area (Å²) in [5, 5.41) is 13.9. The molecule has 126 valence electrons. The first-order valence-electron chi connectivity index (χ1n) is 8.16. The Labute approximate surface area is 147 Å². The van der Waals surface area contributed by atoms with Crippen LogP contribution in [0.3, 0.4) is 0 Å². The number of nitrogens with one attached hydrogen (secondary N) is 3. The van der Waals surface area contributed by atoms with Crippen LogP contribution in [-0.2, 0) is 6.54 Å². The van der Waals surface area contributed by atoms with E-state index in [0.29, 0.717) is 12.5 Å². The van der Waals surface area contributed by atoms with E-state index in [0.717, 1.165) is 17.0 Å². The van der Waals surface area contributed by atoms with Gasteiger partial charge in [0.05, 0.1) is 0 Å². The van der Waals surface area contributed by atoms with E-state index in [-0.39, 0.29) is 5.96 Å². The van der Waals surface area contributed by atoms with Crippen LogP contribution < -0.4 is 10.6 Å². The smallest absolute Gasteiger partial charge is 0.229 e. The average Bonchev–Trinajstić information content (AvgIpc) is 2.60. The summed E-state index contributed by atoms with van der Waals surface area (Å²) < 4.78 is 0. The molecular formula is C20H21N5. The van der Waals surface area contributed by atoms with Crippen molar-refractivity contribution in [2.24, 2.45) is 0 Å². The van der Waals surface area contributed by atoms with Gasteiger partial charge in [-0.3, -0.25) is 10.7 Å². The fraction of sp³-hybridized carbons (Fsp3) is 0.150. The van der Waals surface area contributed by atoms with Gasteiger partial charge >= 0.3 is 0 Å². The third-order valence-corrected chi connectivity index (χ3v) is 3.75. The van der Waals surface area contributed by atoms with E-state index in [1.165, 1.54) is 11.1 Å². The van der Waals surface area contributed by atoms with Crippen LogP contribution in [0.1, 0.15) is 17.0 Å². The van der Waals surface area contributed by atoms with Crippen molar-refractivity contribution in [1.82, 2.24) is 15.3 Å². The predicted molar refractivity (Wildman–Crippen MR) is 102 cm³/mol. The molecule has 0 aliphatic carbocycles. The van der Waals surface area contributed by atoms with Crippen molar-refractivity contribution >= 4 is 11.9 Å². The highest BCUT2D eigenvalue weighted by molar-refractivity contribution is 5.89. The Morgan fingerprint density at radius 2 is 1.48 bits per heavy atom. The minimum absolute atomic E-state index is 0.178. The van der Waals surface area contributed by atoms with E-state index >= 15 is 0 Å². The highest BCUT2D eigenvalue weighted by atomic mass is 15.2. The van der Waals surface area contributed by atoms with Crippen molar-refractivity contribution in [3.8, 4) is 11.1 Å². The molecule has 0 saturated carbocycles. The molecule has 5 heteroatoms. The van der Waals surface area contributed by atoms with Crippen LogP contribution in [0.15, 0.2) is 60.7 Å². The van der Waals surface area contributed by atoms with Gasteiger partial charge in [0.25, 0.3) is 0 Å². The number of hydrogen-bond acceptors (Lipinski definition) is 3. The standard InChI is InChI=1S/C20H21N5/c1-14-12-15(2)24-20(23-14)25-19(21)22-13-16-8-10-18(11-9-16)17-6-4-3-5-7-17/h3-12H,13H2,1-2H3,(H3,21,22,23,24,25). The first kappa shape index (κ1) is 16.6. The monoisotopic (exact) mass is 331 g/mol. The Kier molecular flexibility index (Phi) is 5.04. The Morgan fingerprint density at radius 1 is 0.880 bits per heavy atom. The molecule has 0 amide bonds. The van der Waals surface area contributed by atoms with Crippen LogP contribution in [0.25, 0.3) is 11.1 Å². The number of anilines is 1. The third kappa shape index (κ3) is 4.64. The number of nitrogens with zero attached hydrogens (tertiary/aromatic N) is 2. The Hall–Kier alpha value is -3.21. The lowest BCUT2D eigenvalue weighted by atomic mass is 10.0. The molecule has 0 radical (unpaired) electrons. The normalized spacial score (nSPS) is 10.3. The fourth-order valence-corrected chi connectivity index (χ4v) is 2.57. The van der Waals surface area contributed by atoms with E-state index in [2.05, 4.69) is 57.0 Å². The van der Waals surface area contributed by atoms with Gasteiger partial charge in [-0.2, -0.15) is 0 Å². The number of aromatic nitrogens is 2. The van der Waals surface area contributed by atoms with Gasteiger partial charge < -0.3 is 5.32 Å². The molecular weight excluding hydrogens is 310 g/mol. The van der Waals surface area contributed by atoms with E-state index in [4.69, 9.17) is 5.41 Å². The van der Waals surface area contributed by atoms with Gasteiger partial charge in [-0.15, -0.1) is 0 Å². The minimum atomic E-state index is 0.178. The van der Waals surface area contributed by atoms with Gasteiger partial charge in [-0.25, -0.2) is 9.97 Å². The van der Waals surface area contributed by atoms with Gasteiger partial charge in [0.1, 0.15) is 0 Å². The van der Waals surface area contributed by atoms with Crippen LogP contribution in [0.5, 0.6) is 0 Å². The predicted octanol–water partition coefficient (Wildman–Crippen LogP) is 3.90. The number of guanidine groups is 1. The van der Waals surface area contributed by atoms with Crippen molar-refractivity contribution in [2.45, 2.75) is 20.4 Å². The van der Waals surface area contributed by atoms with E-state index < -0.39 is 0 Å². The second kappa shape index (κ2) is 7.57. The quantitative estimate of drug-likeness (QED) is 0.501. The summed E-state index contributed by atoms with van der Waals surface area (Å²) in [5.41, 5.74) is 5.23. The summed E-state index contributed by atoms with van der Waals surface area (Å²) in [6.45, 7) is 4.38. The summed E-state index contributed by atoms with van der Waals surface area (Å²) >= 11 is 0. The number of aryl methyl sites for hydroxylation is 2. The maximum atomic E-state index is 7.99. The maximum Gasteiger partial charge on any atom is 0.229 e. The summed E-state index contributed by atoms with van der Waals surface area (Å²) in [7, 11) is 0. The first-order chi connectivity index (χ1) is 12.1. The lowest BCUT2D eigenvalue weighted by Gasteiger charge is -2.10. The summed E-state index contributed by atoms with van der Waals surface area (Å²) in [6, 6.07) is 20.5. The molecule has 0 fully saturated rings. The summed E-state index contributed by atoms with van der Waals surface area (Å²) in [6.07, 6.45) is 0. The molecule has 0 aliphatic rings.